The Morgan fingerprint density at radius 1 is 1.29 bits per heavy atom. The van der Waals surface area contributed by atoms with Crippen molar-refractivity contribution in [3.05, 3.63) is 27.3 Å². The molecule has 1 aliphatic carbocycles. The summed E-state index contributed by atoms with van der Waals surface area (Å²) in [6, 6.07) is -0.184. The predicted molar refractivity (Wildman–Crippen MR) is 91.8 cm³/mol. The van der Waals surface area contributed by atoms with Gasteiger partial charge in [-0.2, -0.15) is 5.10 Å². The minimum Gasteiger partial charge on any atom is -0.338 e. The van der Waals surface area contributed by atoms with Crippen LogP contribution in [0.2, 0.25) is 0 Å². The van der Waals surface area contributed by atoms with Crippen molar-refractivity contribution < 1.29 is 9.59 Å². The second kappa shape index (κ2) is 6.35. The van der Waals surface area contributed by atoms with Crippen LogP contribution in [0.1, 0.15) is 40.0 Å². The number of rotatable bonds is 4. The summed E-state index contributed by atoms with van der Waals surface area (Å²) >= 11 is 1.56. The first-order valence-electron chi connectivity index (χ1n) is 7.91. The van der Waals surface area contributed by atoms with Crippen LogP contribution in [0.25, 0.3) is 0 Å². The number of thiazole rings is 1. The van der Waals surface area contributed by atoms with Crippen LogP contribution in [0.15, 0.2) is 6.20 Å². The normalized spacial score (nSPS) is 15.2. The van der Waals surface area contributed by atoms with E-state index in [0.717, 1.165) is 34.0 Å². The molecule has 2 heterocycles. The van der Waals surface area contributed by atoms with Gasteiger partial charge in [0.15, 0.2) is 0 Å². The molecule has 8 heteroatoms. The van der Waals surface area contributed by atoms with E-state index < -0.39 is 11.8 Å². The van der Waals surface area contributed by atoms with E-state index in [2.05, 4.69) is 20.7 Å². The summed E-state index contributed by atoms with van der Waals surface area (Å²) in [7, 11) is 1.73. The quantitative estimate of drug-likeness (QED) is 0.828. The van der Waals surface area contributed by atoms with Gasteiger partial charge in [-0.1, -0.05) is 0 Å². The van der Waals surface area contributed by atoms with Gasteiger partial charge in [-0.25, -0.2) is 4.98 Å². The first-order valence-corrected chi connectivity index (χ1v) is 8.73. The van der Waals surface area contributed by atoms with Crippen LogP contribution in [-0.4, -0.2) is 26.6 Å². The maximum atomic E-state index is 12.3. The second-order valence-electron chi connectivity index (χ2n) is 6.23. The smallest absolute Gasteiger partial charge is 0.314 e. The molecule has 128 valence electrons. The fourth-order valence-corrected chi connectivity index (χ4v) is 3.56. The van der Waals surface area contributed by atoms with E-state index >= 15 is 0 Å². The van der Waals surface area contributed by atoms with Gasteiger partial charge in [-0.3, -0.25) is 14.3 Å². The van der Waals surface area contributed by atoms with E-state index in [4.69, 9.17) is 0 Å². The molecule has 0 unspecified atom stereocenters. The molecule has 0 radical (unpaired) electrons. The summed E-state index contributed by atoms with van der Waals surface area (Å²) < 4.78 is 1.57. The maximum Gasteiger partial charge on any atom is 0.314 e. The molecule has 0 aromatic carbocycles. The highest BCUT2D eigenvalue weighted by atomic mass is 32.1. The molecule has 1 saturated carbocycles. The number of nitrogens with one attached hydrogen (secondary N) is 2. The fraction of sp³-hybridized carbons (Fsp3) is 0.500. The van der Waals surface area contributed by atoms with Crippen LogP contribution in [0.4, 0.5) is 5.82 Å². The summed E-state index contributed by atoms with van der Waals surface area (Å²) in [6.45, 7) is 5.70. The van der Waals surface area contributed by atoms with E-state index in [1.807, 2.05) is 20.8 Å². The van der Waals surface area contributed by atoms with Crippen LogP contribution in [0, 0.1) is 26.7 Å². The number of anilines is 1. The van der Waals surface area contributed by atoms with Crippen LogP contribution < -0.4 is 10.6 Å². The molecule has 1 aliphatic rings. The molecule has 0 saturated heterocycles. The van der Waals surface area contributed by atoms with Gasteiger partial charge in [-0.05, 0) is 39.5 Å². The second-order valence-corrected chi connectivity index (χ2v) is 7.50. The van der Waals surface area contributed by atoms with Gasteiger partial charge in [0.1, 0.15) is 10.8 Å². The number of hydrogen-bond acceptors (Lipinski definition) is 5. The molecule has 2 aromatic heterocycles. The molecule has 3 rings (SSSR count). The summed E-state index contributed by atoms with van der Waals surface area (Å²) in [4.78, 5) is 30.0. The lowest BCUT2D eigenvalue weighted by atomic mass is 10.2. The average Bonchev–Trinajstić information content (AvgIpc) is 3.24. The Hall–Kier alpha value is -2.22. The Kier molecular flexibility index (Phi) is 4.40. The standard InChI is InChI=1S/C16H21N5O2S/c1-8-7-17-16(24-8)12(11-5-6-11)18-14(22)15(23)19-13-9(2)10(3)20-21(13)4/h7,11-12H,5-6H2,1-4H3,(H,18,22)(H,19,23)/t12-/m0/s1. The zero-order valence-corrected chi connectivity index (χ0v) is 15.0. The molecule has 24 heavy (non-hydrogen) atoms. The Labute approximate surface area is 144 Å². The van der Waals surface area contributed by atoms with Crippen LogP contribution in [-0.2, 0) is 16.6 Å². The number of amides is 2. The van der Waals surface area contributed by atoms with Crippen LogP contribution in [0.3, 0.4) is 0 Å². The predicted octanol–water partition coefficient (Wildman–Crippen LogP) is 2.01. The molecule has 1 atom stereocenters. The third-order valence-electron chi connectivity index (χ3n) is 4.24. The molecular weight excluding hydrogens is 326 g/mol. The molecule has 1 fully saturated rings. The van der Waals surface area contributed by atoms with Gasteiger partial charge in [0, 0.05) is 23.7 Å². The highest BCUT2D eigenvalue weighted by molar-refractivity contribution is 7.11. The van der Waals surface area contributed by atoms with Crippen molar-refractivity contribution in [1.29, 1.82) is 0 Å². The first-order chi connectivity index (χ1) is 11.4. The summed E-state index contributed by atoms with van der Waals surface area (Å²) in [5.74, 6) is -0.410. The van der Waals surface area contributed by atoms with Crippen molar-refractivity contribution >= 4 is 29.0 Å². The molecule has 0 bridgehead atoms. The summed E-state index contributed by atoms with van der Waals surface area (Å²) in [5.41, 5.74) is 1.68. The number of aromatic nitrogens is 3. The van der Waals surface area contributed by atoms with E-state index in [-0.39, 0.29) is 6.04 Å². The van der Waals surface area contributed by atoms with Crippen LogP contribution >= 0.6 is 11.3 Å². The van der Waals surface area contributed by atoms with E-state index in [1.54, 1.807) is 29.3 Å². The molecule has 0 aliphatic heterocycles. The van der Waals surface area contributed by atoms with Gasteiger partial charge in [-0.15, -0.1) is 11.3 Å². The number of carbonyl (C=O) groups excluding carboxylic acids is 2. The lowest BCUT2D eigenvalue weighted by Gasteiger charge is -2.15. The Balaban J connectivity index is 1.70. The fourth-order valence-electron chi connectivity index (χ4n) is 2.64. The summed E-state index contributed by atoms with van der Waals surface area (Å²) in [5, 5.41) is 10.6. The van der Waals surface area contributed by atoms with Crippen molar-refractivity contribution in [3.63, 3.8) is 0 Å². The minimum atomic E-state index is -0.681. The largest absolute Gasteiger partial charge is 0.338 e. The minimum absolute atomic E-state index is 0.184. The third kappa shape index (κ3) is 3.33. The Bertz CT molecular complexity index is 790. The lowest BCUT2D eigenvalue weighted by molar-refractivity contribution is -0.136. The topological polar surface area (TPSA) is 88.9 Å². The maximum absolute atomic E-state index is 12.3. The zero-order valence-electron chi connectivity index (χ0n) is 14.2. The average molecular weight is 347 g/mol. The van der Waals surface area contributed by atoms with Gasteiger partial charge >= 0.3 is 11.8 Å². The van der Waals surface area contributed by atoms with Crippen molar-refractivity contribution in [2.45, 2.75) is 39.7 Å². The lowest BCUT2D eigenvalue weighted by Crippen LogP contribution is -2.39. The van der Waals surface area contributed by atoms with Crippen molar-refractivity contribution in [1.82, 2.24) is 20.1 Å². The molecule has 0 spiro atoms. The highest BCUT2D eigenvalue weighted by Crippen LogP contribution is 2.42. The van der Waals surface area contributed by atoms with Gasteiger partial charge in [0.25, 0.3) is 0 Å². The monoisotopic (exact) mass is 347 g/mol. The molecule has 7 nitrogen and oxygen atoms in total. The Morgan fingerprint density at radius 3 is 2.50 bits per heavy atom. The van der Waals surface area contributed by atoms with Crippen molar-refractivity contribution in [2.24, 2.45) is 13.0 Å². The number of nitrogens with zero attached hydrogens (tertiary/aromatic N) is 3. The van der Waals surface area contributed by atoms with Gasteiger partial charge in [0.2, 0.25) is 0 Å². The van der Waals surface area contributed by atoms with E-state index in [9.17, 15) is 9.59 Å². The SMILES string of the molecule is Cc1cnc([C@@H](NC(=O)C(=O)Nc2c(C)c(C)nn2C)C2CC2)s1. The van der Waals surface area contributed by atoms with E-state index in [1.165, 1.54) is 0 Å². The molecule has 2 amide bonds. The Morgan fingerprint density at radius 2 is 2.00 bits per heavy atom. The van der Waals surface area contributed by atoms with Crippen LogP contribution in [0.5, 0.6) is 0 Å². The zero-order chi connectivity index (χ0) is 17.4. The molecule has 2 N–H and O–H groups in total. The third-order valence-corrected chi connectivity index (χ3v) is 5.24. The number of hydrogen-bond donors (Lipinski definition) is 2. The van der Waals surface area contributed by atoms with E-state index in [0.29, 0.717) is 11.7 Å². The van der Waals surface area contributed by atoms with Crippen molar-refractivity contribution in [2.75, 3.05) is 5.32 Å². The molecule has 2 aromatic rings. The first kappa shape index (κ1) is 16.6. The highest BCUT2D eigenvalue weighted by Gasteiger charge is 2.36. The number of aryl methyl sites for hydroxylation is 3. The summed E-state index contributed by atoms with van der Waals surface area (Å²) in [6.07, 6.45) is 3.89. The number of carbonyl (C=O) groups is 2. The van der Waals surface area contributed by atoms with Crippen molar-refractivity contribution in [3.8, 4) is 0 Å². The van der Waals surface area contributed by atoms with Gasteiger partial charge < -0.3 is 10.6 Å². The van der Waals surface area contributed by atoms with Gasteiger partial charge in [0.05, 0.1) is 11.7 Å². The molecular formula is C16H21N5O2S.